The Bertz CT molecular complexity index is 809. The molecule has 0 aliphatic heterocycles. The number of hydrogen-bond donors (Lipinski definition) is 2. The first-order chi connectivity index (χ1) is 13.9. The van der Waals surface area contributed by atoms with E-state index < -0.39 is 0 Å². The Morgan fingerprint density at radius 3 is 2.66 bits per heavy atom. The molecule has 2 N–H and O–H groups in total. The maximum absolute atomic E-state index is 11.6. The Labute approximate surface area is 176 Å². The largest absolute Gasteiger partial charge is 0.388 e. The Hall–Kier alpha value is -1.09. The number of H-pyrrole nitrogens is 1. The molecular formula is C26H40N2O. The Balaban J connectivity index is 1.52. The smallest absolute Gasteiger partial charge is 0.0812 e. The van der Waals surface area contributed by atoms with Gasteiger partial charge in [0.25, 0.3) is 0 Å². The zero-order valence-electron chi connectivity index (χ0n) is 18.9. The molecule has 7 atom stereocenters. The fraction of sp³-hybridized carbons (Fsp3) is 0.808. The van der Waals surface area contributed by atoms with Crippen LogP contribution in [0.15, 0.2) is 11.8 Å². The lowest BCUT2D eigenvalue weighted by Gasteiger charge is -2.60. The summed E-state index contributed by atoms with van der Waals surface area (Å²) >= 11 is 0. The van der Waals surface area contributed by atoms with Crippen LogP contribution in [0.4, 0.5) is 0 Å². The molecule has 3 nitrogen and oxygen atoms in total. The van der Waals surface area contributed by atoms with Gasteiger partial charge in [0.1, 0.15) is 0 Å². The van der Waals surface area contributed by atoms with E-state index in [0.717, 1.165) is 36.3 Å². The van der Waals surface area contributed by atoms with Gasteiger partial charge in [-0.25, -0.2) is 0 Å². The lowest BCUT2D eigenvalue weighted by molar-refractivity contribution is -0.119. The predicted octanol–water partition coefficient (Wildman–Crippen LogP) is 6.29. The third kappa shape index (κ3) is 2.75. The summed E-state index contributed by atoms with van der Waals surface area (Å²) in [6.07, 6.45) is 14.9. The van der Waals surface area contributed by atoms with Crippen molar-refractivity contribution >= 4 is 5.57 Å². The highest BCUT2D eigenvalue weighted by molar-refractivity contribution is 5.71. The van der Waals surface area contributed by atoms with Crippen LogP contribution in [0.25, 0.3) is 5.57 Å². The highest BCUT2D eigenvalue weighted by Crippen LogP contribution is 2.67. The van der Waals surface area contributed by atoms with Gasteiger partial charge in [-0.2, -0.15) is 5.10 Å². The number of aliphatic hydroxyl groups is 1. The van der Waals surface area contributed by atoms with Crippen LogP contribution >= 0.6 is 0 Å². The van der Waals surface area contributed by atoms with Gasteiger partial charge in [0, 0.05) is 16.7 Å². The number of allylic oxidation sites excluding steroid dienone is 1. The third-order valence-corrected chi connectivity index (χ3v) is 10.3. The predicted molar refractivity (Wildman–Crippen MR) is 118 cm³/mol. The van der Waals surface area contributed by atoms with Crippen molar-refractivity contribution in [1.29, 1.82) is 0 Å². The molecule has 4 aliphatic carbocycles. The molecule has 1 heterocycles. The monoisotopic (exact) mass is 396 g/mol. The average Bonchev–Trinajstić information content (AvgIpc) is 3.24. The quantitative estimate of drug-likeness (QED) is 0.617. The molecule has 0 spiro atoms. The molecule has 4 aliphatic rings. The van der Waals surface area contributed by atoms with E-state index in [-0.39, 0.29) is 11.5 Å². The number of aryl methyl sites for hydroxylation is 1. The first-order valence-corrected chi connectivity index (χ1v) is 12.3. The molecule has 0 radical (unpaired) electrons. The Morgan fingerprint density at radius 1 is 1.10 bits per heavy atom. The summed E-state index contributed by atoms with van der Waals surface area (Å²) in [5, 5.41) is 19.0. The molecule has 0 amide bonds. The second-order valence-corrected chi connectivity index (χ2v) is 11.3. The highest BCUT2D eigenvalue weighted by Gasteiger charge is 2.60. The SMILES string of the molecule is CCC(=C1CC2C3CCC4CCCCC4(C)C3CCC2(C)C1O)c1cn[nH]c1C. The van der Waals surface area contributed by atoms with Crippen molar-refractivity contribution in [2.45, 2.75) is 98.0 Å². The molecule has 7 unspecified atom stereocenters. The van der Waals surface area contributed by atoms with Crippen molar-refractivity contribution in [3.05, 3.63) is 23.0 Å². The third-order valence-electron chi connectivity index (χ3n) is 10.3. The average molecular weight is 397 g/mol. The van der Waals surface area contributed by atoms with Gasteiger partial charge in [0.2, 0.25) is 0 Å². The van der Waals surface area contributed by atoms with Gasteiger partial charge in [-0.1, -0.05) is 33.6 Å². The molecule has 0 saturated heterocycles. The number of nitrogens with one attached hydrogen (secondary N) is 1. The number of aromatic amines is 1. The lowest BCUT2D eigenvalue weighted by atomic mass is 9.45. The van der Waals surface area contributed by atoms with Crippen LogP contribution in [0.2, 0.25) is 0 Å². The van der Waals surface area contributed by atoms with Crippen molar-refractivity contribution in [1.82, 2.24) is 10.2 Å². The van der Waals surface area contributed by atoms with Crippen molar-refractivity contribution in [2.75, 3.05) is 0 Å². The Kier molecular flexibility index (Phi) is 4.77. The van der Waals surface area contributed by atoms with Gasteiger partial charge in [-0.15, -0.1) is 0 Å². The highest BCUT2D eigenvalue weighted by atomic mass is 16.3. The van der Waals surface area contributed by atoms with E-state index in [4.69, 9.17) is 0 Å². The van der Waals surface area contributed by atoms with E-state index in [1.165, 1.54) is 68.1 Å². The number of nitrogens with zero attached hydrogens (tertiary/aromatic N) is 1. The van der Waals surface area contributed by atoms with Crippen LogP contribution in [-0.4, -0.2) is 21.4 Å². The summed E-state index contributed by atoms with van der Waals surface area (Å²) in [5.74, 6) is 3.30. The molecule has 0 aromatic carbocycles. The number of fused-ring (bicyclic) bond motifs is 5. The second kappa shape index (κ2) is 6.97. The van der Waals surface area contributed by atoms with E-state index in [0.29, 0.717) is 11.3 Å². The molecule has 5 rings (SSSR count). The number of hydrogen-bond acceptors (Lipinski definition) is 2. The normalized spacial score (nSPS) is 46.0. The van der Waals surface area contributed by atoms with Crippen LogP contribution < -0.4 is 0 Å². The molecule has 1 aromatic heterocycles. The molecule has 0 bridgehead atoms. The summed E-state index contributed by atoms with van der Waals surface area (Å²) in [7, 11) is 0. The van der Waals surface area contributed by atoms with Gasteiger partial charge in [0.05, 0.1) is 12.3 Å². The minimum Gasteiger partial charge on any atom is -0.388 e. The number of aliphatic hydroxyl groups excluding tert-OH is 1. The molecular weight excluding hydrogens is 356 g/mol. The van der Waals surface area contributed by atoms with Crippen molar-refractivity contribution in [2.24, 2.45) is 34.5 Å². The van der Waals surface area contributed by atoms with Gasteiger partial charge in [-0.05, 0) is 98.5 Å². The summed E-state index contributed by atoms with van der Waals surface area (Å²) in [6, 6.07) is 0. The van der Waals surface area contributed by atoms with Crippen LogP contribution in [0.1, 0.15) is 96.2 Å². The van der Waals surface area contributed by atoms with Crippen molar-refractivity contribution in [3.63, 3.8) is 0 Å². The van der Waals surface area contributed by atoms with E-state index in [9.17, 15) is 5.11 Å². The van der Waals surface area contributed by atoms with Crippen LogP contribution in [0.3, 0.4) is 0 Å². The minimum absolute atomic E-state index is 0.0619. The van der Waals surface area contributed by atoms with Gasteiger partial charge in [0.15, 0.2) is 0 Å². The molecule has 3 heteroatoms. The second-order valence-electron chi connectivity index (χ2n) is 11.3. The fourth-order valence-electron chi connectivity index (χ4n) is 8.65. The molecule has 160 valence electrons. The van der Waals surface area contributed by atoms with E-state index in [2.05, 4.69) is 37.9 Å². The maximum atomic E-state index is 11.6. The maximum Gasteiger partial charge on any atom is 0.0812 e. The first-order valence-electron chi connectivity index (χ1n) is 12.3. The van der Waals surface area contributed by atoms with Gasteiger partial charge >= 0.3 is 0 Å². The number of rotatable bonds is 2. The van der Waals surface area contributed by atoms with Gasteiger partial charge in [-0.3, -0.25) is 5.10 Å². The van der Waals surface area contributed by atoms with Gasteiger partial charge < -0.3 is 5.11 Å². The topological polar surface area (TPSA) is 48.9 Å². The Morgan fingerprint density at radius 2 is 1.93 bits per heavy atom. The van der Waals surface area contributed by atoms with Crippen LogP contribution in [0.5, 0.6) is 0 Å². The molecule has 4 saturated carbocycles. The van der Waals surface area contributed by atoms with Crippen molar-refractivity contribution in [3.8, 4) is 0 Å². The van der Waals surface area contributed by atoms with E-state index >= 15 is 0 Å². The zero-order chi connectivity index (χ0) is 20.4. The van der Waals surface area contributed by atoms with E-state index in [1.807, 2.05) is 6.20 Å². The zero-order valence-corrected chi connectivity index (χ0v) is 18.9. The fourth-order valence-corrected chi connectivity index (χ4v) is 8.65. The molecule has 4 fully saturated rings. The van der Waals surface area contributed by atoms with Crippen LogP contribution in [0, 0.1) is 41.4 Å². The van der Waals surface area contributed by atoms with E-state index in [1.54, 1.807) is 0 Å². The molecule has 1 aromatic rings. The standard InChI is InChI=1S/C26H40N2O/c1-5-18(21-15-27-28-16(21)2)20-14-23-19-10-9-17-8-6-7-12-25(17,3)22(19)11-13-26(23,4)24(20)29/h15,17,19,22-24,29H,5-14H2,1-4H3,(H,27,28). The minimum atomic E-state index is -0.283. The summed E-state index contributed by atoms with van der Waals surface area (Å²) in [4.78, 5) is 0. The molecule has 29 heavy (non-hydrogen) atoms. The van der Waals surface area contributed by atoms with Crippen molar-refractivity contribution < 1.29 is 5.11 Å². The summed E-state index contributed by atoms with van der Waals surface area (Å²) in [5.41, 5.74) is 5.67. The lowest BCUT2D eigenvalue weighted by Crippen LogP contribution is -2.53. The first kappa shape index (κ1) is 19.8. The summed E-state index contributed by atoms with van der Waals surface area (Å²) < 4.78 is 0. The summed E-state index contributed by atoms with van der Waals surface area (Å²) in [6.45, 7) is 9.40. The van der Waals surface area contributed by atoms with Crippen LogP contribution in [-0.2, 0) is 0 Å². The number of aromatic nitrogens is 2.